The maximum Gasteiger partial charge on any atom is 0.222 e. The van der Waals surface area contributed by atoms with Gasteiger partial charge in [-0.2, -0.15) is 0 Å². The first kappa shape index (κ1) is 17.5. The smallest absolute Gasteiger partial charge is 0.222 e. The first-order valence-corrected chi connectivity index (χ1v) is 9.91. The third-order valence-electron chi connectivity index (χ3n) is 6.10. The van der Waals surface area contributed by atoms with E-state index in [-0.39, 0.29) is 5.91 Å². The van der Waals surface area contributed by atoms with E-state index < -0.39 is 0 Å². The third kappa shape index (κ3) is 3.93. The van der Waals surface area contributed by atoms with Gasteiger partial charge < -0.3 is 10.2 Å². The minimum Gasteiger partial charge on any atom is -0.339 e. The summed E-state index contributed by atoms with van der Waals surface area (Å²) in [6, 6.07) is 8.70. The highest BCUT2D eigenvalue weighted by Gasteiger charge is 2.45. The molecule has 1 aromatic carbocycles. The van der Waals surface area contributed by atoms with Gasteiger partial charge >= 0.3 is 0 Å². The van der Waals surface area contributed by atoms with E-state index in [4.69, 9.17) is 0 Å². The number of nitrogens with zero attached hydrogens (tertiary/aromatic N) is 2. The van der Waals surface area contributed by atoms with Crippen LogP contribution in [-0.4, -0.2) is 47.3 Å². The number of anilines is 1. The Morgan fingerprint density at radius 2 is 1.96 bits per heavy atom. The summed E-state index contributed by atoms with van der Waals surface area (Å²) >= 11 is 0. The van der Waals surface area contributed by atoms with Crippen LogP contribution in [0.5, 0.6) is 0 Å². The Balaban J connectivity index is 1.39. The van der Waals surface area contributed by atoms with Crippen molar-refractivity contribution in [1.29, 1.82) is 0 Å². The van der Waals surface area contributed by atoms with E-state index in [1.54, 1.807) is 0 Å². The Morgan fingerprint density at radius 3 is 2.65 bits per heavy atom. The molecular weight excluding hydrogens is 326 g/mol. The Hall–Kier alpha value is -1.88. The molecule has 0 unspecified atom stereocenters. The van der Waals surface area contributed by atoms with Crippen molar-refractivity contribution in [2.75, 3.05) is 25.0 Å². The summed E-state index contributed by atoms with van der Waals surface area (Å²) in [5.74, 6) is 0.339. The van der Waals surface area contributed by atoms with E-state index in [0.29, 0.717) is 17.4 Å². The molecule has 1 N–H and O–H groups in total. The fourth-order valence-corrected chi connectivity index (χ4v) is 4.70. The number of benzene rings is 1. The summed E-state index contributed by atoms with van der Waals surface area (Å²) in [4.78, 5) is 28.1. The number of piperidine rings is 2. The Kier molecular flexibility index (Phi) is 4.74. The Bertz CT molecular complexity index is 683. The zero-order valence-corrected chi connectivity index (χ0v) is 15.7. The molecule has 1 saturated carbocycles. The summed E-state index contributed by atoms with van der Waals surface area (Å²) < 4.78 is 0. The van der Waals surface area contributed by atoms with E-state index in [2.05, 4.69) is 27.2 Å². The molecule has 26 heavy (non-hydrogen) atoms. The number of carbonyl (C=O) groups is 2. The lowest BCUT2D eigenvalue weighted by molar-refractivity contribution is -0.140. The van der Waals surface area contributed by atoms with Crippen LogP contribution in [0.3, 0.4) is 0 Å². The van der Waals surface area contributed by atoms with Crippen LogP contribution < -0.4 is 5.32 Å². The van der Waals surface area contributed by atoms with Gasteiger partial charge in [-0.1, -0.05) is 12.1 Å². The van der Waals surface area contributed by atoms with Crippen molar-refractivity contribution in [1.82, 2.24) is 9.80 Å². The van der Waals surface area contributed by atoms with E-state index >= 15 is 0 Å². The molecule has 2 saturated heterocycles. The minimum atomic E-state index is -0.0391. The van der Waals surface area contributed by atoms with E-state index in [9.17, 15) is 9.59 Å². The van der Waals surface area contributed by atoms with Crippen molar-refractivity contribution in [3.8, 4) is 0 Å². The number of nitrogens with one attached hydrogen (secondary N) is 1. The lowest BCUT2D eigenvalue weighted by atomic mass is 9.73. The predicted octanol–water partition coefficient (Wildman–Crippen LogP) is 3.01. The van der Waals surface area contributed by atoms with Crippen LogP contribution in [0.25, 0.3) is 0 Å². The molecule has 2 aliphatic heterocycles. The van der Waals surface area contributed by atoms with Gasteiger partial charge in [0, 0.05) is 50.1 Å². The number of amides is 2. The van der Waals surface area contributed by atoms with Gasteiger partial charge in [-0.05, 0) is 56.3 Å². The molecule has 5 heteroatoms. The van der Waals surface area contributed by atoms with Crippen molar-refractivity contribution in [2.45, 2.75) is 58.0 Å². The molecule has 2 heterocycles. The second kappa shape index (κ2) is 7.03. The predicted molar refractivity (Wildman–Crippen MR) is 102 cm³/mol. The van der Waals surface area contributed by atoms with Crippen molar-refractivity contribution in [3.05, 3.63) is 29.8 Å². The molecule has 2 amide bonds. The van der Waals surface area contributed by atoms with Crippen molar-refractivity contribution >= 4 is 17.5 Å². The molecule has 0 aromatic heterocycles. The van der Waals surface area contributed by atoms with Gasteiger partial charge in [0.2, 0.25) is 11.8 Å². The summed E-state index contributed by atoms with van der Waals surface area (Å²) in [5, 5.41) is 2.82. The zero-order chi connectivity index (χ0) is 18.1. The summed E-state index contributed by atoms with van der Waals surface area (Å²) in [6.07, 6.45) is 6.65. The molecule has 1 aliphatic carbocycles. The minimum absolute atomic E-state index is 0.0391. The van der Waals surface area contributed by atoms with Gasteiger partial charge in [-0.3, -0.25) is 14.5 Å². The molecule has 140 valence electrons. The summed E-state index contributed by atoms with van der Waals surface area (Å²) in [5.41, 5.74) is 2.43. The fraction of sp³-hybridized carbons (Fsp3) is 0.619. The summed E-state index contributed by atoms with van der Waals surface area (Å²) in [6.45, 7) is 5.67. The average molecular weight is 355 g/mol. The highest BCUT2D eigenvalue weighted by molar-refractivity contribution is 5.88. The molecule has 5 nitrogen and oxygen atoms in total. The number of hydrogen-bond acceptors (Lipinski definition) is 3. The summed E-state index contributed by atoms with van der Waals surface area (Å²) in [7, 11) is 0. The van der Waals surface area contributed by atoms with Gasteiger partial charge in [-0.15, -0.1) is 0 Å². The molecule has 0 bridgehead atoms. The van der Waals surface area contributed by atoms with Crippen LogP contribution in [0.2, 0.25) is 0 Å². The standard InChI is InChI=1S/C21H29N3O2/c1-16(25)22-18-5-3-17(4-6-18)13-23-12-2-10-21(14-23)11-9-20(26)24(15-21)19-7-8-19/h3-6,19H,2,7-15H2,1H3,(H,22,25)/t21-/m1/s1. The van der Waals surface area contributed by atoms with Crippen LogP contribution in [0.4, 0.5) is 5.69 Å². The van der Waals surface area contributed by atoms with Crippen molar-refractivity contribution < 1.29 is 9.59 Å². The van der Waals surface area contributed by atoms with Crippen LogP contribution in [0, 0.1) is 5.41 Å². The topological polar surface area (TPSA) is 52.7 Å². The lowest BCUT2D eigenvalue weighted by Crippen LogP contribution is -2.54. The SMILES string of the molecule is CC(=O)Nc1ccc(CN2CCC[C@@]3(CCC(=O)N(C4CC4)C3)C2)cc1. The third-order valence-corrected chi connectivity index (χ3v) is 6.10. The van der Waals surface area contributed by atoms with Crippen LogP contribution in [0.1, 0.15) is 51.0 Å². The number of hydrogen-bond donors (Lipinski definition) is 1. The molecule has 4 rings (SSSR count). The van der Waals surface area contributed by atoms with Crippen molar-refractivity contribution in [3.63, 3.8) is 0 Å². The Labute approximate surface area is 155 Å². The zero-order valence-electron chi connectivity index (χ0n) is 15.7. The largest absolute Gasteiger partial charge is 0.339 e. The van der Waals surface area contributed by atoms with Crippen LogP contribution >= 0.6 is 0 Å². The van der Waals surface area contributed by atoms with Gasteiger partial charge in [0.25, 0.3) is 0 Å². The van der Waals surface area contributed by atoms with Gasteiger partial charge in [-0.25, -0.2) is 0 Å². The second-order valence-electron chi connectivity index (χ2n) is 8.45. The molecule has 3 aliphatic rings. The highest BCUT2D eigenvalue weighted by Crippen LogP contribution is 2.42. The molecule has 1 spiro atoms. The second-order valence-corrected chi connectivity index (χ2v) is 8.45. The highest BCUT2D eigenvalue weighted by atomic mass is 16.2. The molecule has 1 aromatic rings. The monoisotopic (exact) mass is 355 g/mol. The van der Waals surface area contributed by atoms with E-state index in [1.807, 2.05) is 12.1 Å². The number of carbonyl (C=O) groups excluding carboxylic acids is 2. The van der Waals surface area contributed by atoms with Crippen LogP contribution in [-0.2, 0) is 16.1 Å². The van der Waals surface area contributed by atoms with Gasteiger partial charge in [0.1, 0.15) is 0 Å². The first-order valence-electron chi connectivity index (χ1n) is 9.91. The first-order chi connectivity index (χ1) is 12.5. The average Bonchev–Trinajstić information content (AvgIpc) is 3.44. The molecule has 1 atom stereocenters. The van der Waals surface area contributed by atoms with Crippen molar-refractivity contribution in [2.24, 2.45) is 5.41 Å². The Morgan fingerprint density at radius 1 is 1.19 bits per heavy atom. The van der Waals surface area contributed by atoms with E-state index in [1.165, 1.54) is 38.2 Å². The maximum absolute atomic E-state index is 12.3. The lowest BCUT2D eigenvalue weighted by Gasteiger charge is -2.48. The normalized spacial score (nSPS) is 27.0. The molecule has 3 fully saturated rings. The number of rotatable bonds is 4. The quantitative estimate of drug-likeness (QED) is 0.903. The van der Waals surface area contributed by atoms with Crippen LogP contribution in [0.15, 0.2) is 24.3 Å². The number of likely N-dealkylation sites (tertiary alicyclic amines) is 2. The van der Waals surface area contributed by atoms with E-state index in [0.717, 1.165) is 44.7 Å². The molecule has 0 radical (unpaired) electrons. The maximum atomic E-state index is 12.3. The van der Waals surface area contributed by atoms with Gasteiger partial charge in [0.05, 0.1) is 0 Å². The fourth-order valence-electron chi connectivity index (χ4n) is 4.70. The van der Waals surface area contributed by atoms with Gasteiger partial charge in [0.15, 0.2) is 0 Å². The molecular formula is C21H29N3O2.